The molecule has 0 aliphatic carbocycles. The van der Waals surface area contributed by atoms with Crippen LogP contribution in [0.1, 0.15) is 65.2 Å². The first kappa shape index (κ1) is 20.8. The summed E-state index contributed by atoms with van der Waals surface area (Å²) in [7, 11) is -4.60. The maximum absolute atomic E-state index is 10.7. The molecule has 0 saturated heterocycles. The molecule has 0 spiro atoms. The summed E-state index contributed by atoms with van der Waals surface area (Å²) in [5.74, 6) is 0. The predicted molar refractivity (Wildman–Crippen MR) is 62.9 cm³/mol. The van der Waals surface area contributed by atoms with Crippen molar-refractivity contribution in [3.63, 3.8) is 0 Å². The van der Waals surface area contributed by atoms with Crippen molar-refractivity contribution >= 4 is 10.1 Å². The van der Waals surface area contributed by atoms with Crippen molar-refractivity contribution in [3.05, 3.63) is 0 Å². The number of hydrogen-bond donors (Lipinski definition) is 1. The number of rotatable bonds is 9. The van der Waals surface area contributed by atoms with E-state index in [2.05, 4.69) is 6.92 Å². The van der Waals surface area contributed by atoms with Gasteiger partial charge >= 0.3 is 51.4 Å². The molecule has 0 fully saturated rings. The Morgan fingerprint density at radius 3 is 1.88 bits per heavy atom. The van der Waals surface area contributed by atoms with Crippen molar-refractivity contribution in [3.8, 4) is 0 Å². The van der Waals surface area contributed by atoms with Gasteiger partial charge in [0.2, 0.25) is 0 Å². The molecule has 0 aromatic heterocycles. The van der Waals surface area contributed by atoms with Gasteiger partial charge < -0.3 is 9.66 Å². The number of aliphatic hydroxyl groups is 1. The SMILES string of the molecule is CCCCCCCCCC(C)(O)S(=O)(=O)[O-].[K+]. The quantitative estimate of drug-likeness (QED) is 0.349. The average Bonchev–Trinajstić information content (AvgIpc) is 2.14. The average molecular weight is 290 g/mol. The Balaban J connectivity index is 0. The molecule has 4 nitrogen and oxygen atoms in total. The Morgan fingerprint density at radius 1 is 1.06 bits per heavy atom. The summed E-state index contributed by atoms with van der Waals surface area (Å²) < 4.78 is 32.0. The Kier molecular flexibility index (Phi) is 12.6. The van der Waals surface area contributed by atoms with E-state index in [0.29, 0.717) is 6.42 Å². The molecule has 1 unspecified atom stereocenters. The van der Waals surface area contributed by atoms with Gasteiger partial charge in [-0.3, -0.25) is 0 Å². The molecule has 17 heavy (non-hydrogen) atoms. The van der Waals surface area contributed by atoms with Crippen molar-refractivity contribution in [2.45, 2.75) is 70.1 Å². The molecule has 0 aromatic rings. The third kappa shape index (κ3) is 10.0. The number of hydrogen-bond acceptors (Lipinski definition) is 4. The zero-order chi connectivity index (χ0) is 12.7. The normalized spacial score (nSPS) is 15.1. The maximum Gasteiger partial charge on any atom is 1.00 e. The predicted octanol–water partition coefficient (Wildman–Crippen LogP) is -0.615. The maximum atomic E-state index is 10.7. The van der Waals surface area contributed by atoms with Gasteiger partial charge in [0, 0.05) is 0 Å². The van der Waals surface area contributed by atoms with E-state index in [-0.39, 0.29) is 57.8 Å². The first-order valence-electron chi connectivity index (χ1n) is 5.99. The van der Waals surface area contributed by atoms with Gasteiger partial charge in [-0.15, -0.1) is 0 Å². The summed E-state index contributed by atoms with van der Waals surface area (Å²) in [6, 6.07) is 0. The standard InChI is InChI=1S/C11H24O4S.K/c1-3-4-5-6-7-8-9-10-11(2,12)16(13,14)15;/h12H,3-10H2,1-2H3,(H,13,14,15);/q;+1/p-1. The van der Waals surface area contributed by atoms with Crippen LogP contribution in [0.2, 0.25) is 0 Å². The van der Waals surface area contributed by atoms with Crippen LogP contribution in [0.4, 0.5) is 0 Å². The Morgan fingerprint density at radius 2 is 1.47 bits per heavy atom. The minimum absolute atomic E-state index is 0. The molecular formula is C11H23KO4S. The zero-order valence-electron chi connectivity index (χ0n) is 11.2. The molecule has 0 aliphatic heterocycles. The van der Waals surface area contributed by atoms with Crippen LogP contribution in [0.25, 0.3) is 0 Å². The summed E-state index contributed by atoms with van der Waals surface area (Å²) in [5, 5.41) is 9.39. The van der Waals surface area contributed by atoms with Crippen molar-refractivity contribution < 1.29 is 69.5 Å². The molecule has 0 saturated carbocycles. The van der Waals surface area contributed by atoms with Crippen LogP contribution in [0.5, 0.6) is 0 Å². The molecule has 0 rings (SSSR count). The van der Waals surface area contributed by atoms with E-state index in [9.17, 15) is 18.1 Å². The van der Waals surface area contributed by atoms with E-state index in [4.69, 9.17) is 0 Å². The minimum Gasteiger partial charge on any atom is -0.746 e. The van der Waals surface area contributed by atoms with E-state index in [1.165, 1.54) is 19.3 Å². The molecule has 1 atom stereocenters. The molecule has 98 valence electrons. The summed E-state index contributed by atoms with van der Waals surface area (Å²) in [6.45, 7) is 3.22. The van der Waals surface area contributed by atoms with Crippen molar-refractivity contribution in [2.24, 2.45) is 0 Å². The van der Waals surface area contributed by atoms with Gasteiger partial charge in [-0.05, 0) is 19.8 Å². The number of unbranched alkanes of at least 4 members (excludes halogenated alkanes) is 6. The molecule has 0 amide bonds. The Labute approximate surface area is 148 Å². The fourth-order valence-corrected chi connectivity index (χ4v) is 1.93. The third-order valence-electron chi connectivity index (χ3n) is 2.78. The second kappa shape index (κ2) is 10.3. The molecule has 0 bridgehead atoms. The van der Waals surface area contributed by atoms with Crippen molar-refractivity contribution in [1.82, 2.24) is 0 Å². The van der Waals surface area contributed by atoms with E-state index in [0.717, 1.165) is 26.2 Å². The van der Waals surface area contributed by atoms with Gasteiger partial charge in [0.25, 0.3) is 0 Å². The second-order valence-corrected chi connectivity index (χ2v) is 6.29. The van der Waals surface area contributed by atoms with Gasteiger partial charge in [-0.2, -0.15) is 0 Å². The van der Waals surface area contributed by atoms with Crippen LogP contribution in [0.3, 0.4) is 0 Å². The Bertz CT molecular complexity index is 275. The van der Waals surface area contributed by atoms with E-state index in [1.54, 1.807) is 0 Å². The van der Waals surface area contributed by atoms with Gasteiger partial charge in [0.1, 0.15) is 10.1 Å². The van der Waals surface area contributed by atoms with E-state index >= 15 is 0 Å². The summed E-state index contributed by atoms with van der Waals surface area (Å²) >= 11 is 0. The van der Waals surface area contributed by atoms with Gasteiger partial charge in [0.05, 0.1) is 0 Å². The summed E-state index contributed by atoms with van der Waals surface area (Å²) in [4.78, 5) is -2.10. The second-order valence-electron chi connectivity index (χ2n) is 4.50. The smallest absolute Gasteiger partial charge is 0.746 e. The fraction of sp³-hybridized carbons (Fsp3) is 1.00. The molecule has 6 heteroatoms. The van der Waals surface area contributed by atoms with E-state index in [1.807, 2.05) is 0 Å². The first-order chi connectivity index (χ1) is 7.31. The zero-order valence-corrected chi connectivity index (χ0v) is 15.2. The van der Waals surface area contributed by atoms with Crippen LogP contribution in [-0.2, 0) is 10.1 Å². The van der Waals surface area contributed by atoms with Crippen LogP contribution < -0.4 is 51.4 Å². The molecule has 0 radical (unpaired) electrons. The van der Waals surface area contributed by atoms with Crippen LogP contribution >= 0.6 is 0 Å². The van der Waals surface area contributed by atoms with Crippen molar-refractivity contribution in [2.75, 3.05) is 0 Å². The molecule has 0 heterocycles. The Hall–Kier alpha value is 1.51. The topological polar surface area (TPSA) is 77.4 Å². The fourth-order valence-electron chi connectivity index (χ4n) is 1.54. The van der Waals surface area contributed by atoms with Crippen LogP contribution in [0.15, 0.2) is 0 Å². The molecular weight excluding hydrogens is 267 g/mol. The monoisotopic (exact) mass is 290 g/mol. The first-order valence-corrected chi connectivity index (χ1v) is 7.40. The molecule has 1 N–H and O–H groups in total. The van der Waals surface area contributed by atoms with Crippen molar-refractivity contribution in [1.29, 1.82) is 0 Å². The van der Waals surface area contributed by atoms with Gasteiger partial charge in [0.15, 0.2) is 4.93 Å². The van der Waals surface area contributed by atoms with Crippen LogP contribution in [0, 0.1) is 0 Å². The summed E-state index contributed by atoms with van der Waals surface area (Å²) in [6.07, 6.45) is 7.29. The third-order valence-corrected chi connectivity index (χ3v) is 4.06. The van der Waals surface area contributed by atoms with E-state index < -0.39 is 15.1 Å². The molecule has 0 aromatic carbocycles. The minimum atomic E-state index is -4.60. The van der Waals surface area contributed by atoms with Gasteiger partial charge in [-0.25, -0.2) is 8.42 Å². The van der Waals surface area contributed by atoms with Gasteiger partial charge in [-0.1, -0.05) is 45.4 Å². The van der Waals surface area contributed by atoms with Crippen LogP contribution in [-0.4, -0.2) is 23.0 Å². The largest absolute Gasteiger partial charge is 1.00 e. The molecule has 0 aliphatic rings. The summed E-state index contributed by atoms with van der Waals surface area (Å²) in [5.41, 5.74) is 0.